The first-order valence-corrected chi connectivity index (χ1v) is 6.58. The van der Waals surface area contributed by atoms with Crippen molar-refractivity contribution >= 4 is 0 Å². The fourth-order valence-corrected chi connectivity index (χ4v) is 2.36. The van der Waals surface area contributed by atoms with Crippen LogP contribution in [0.5, 0.6) is 0 Å². The SMILES string of the molecule is CC(C)C(O)c1ccn(CC2CCOCC2)c1. The van der Waals surface area contributed by atoms with E-state index in [1.54, 1.807) is 0 Å². The Morgan fingerprint density at radius 2 is 2.12 bits per heavy atom. The van der Waals surface area contributed by atoms with Crippen LogP contribution in [0.1, 0.15) is 38.4 Å². The molecule has 1 fully saturated rings. The van der Waals surface area contributed by atoms with E-state index in [1.807, 2.05) is 19.9 Å². The van der Waals surface area contributed by atoms with Crippen molar-refractivity contribution in [2.24, 2.45) is 11.8 Å². The molecule has 0 amide bonds. The molecule has 1 aromatic heterocycles. The number of aromatic nitrogens is 1. The molecular formula is C14H23NO2. The number of nitrogens with zero attached hydrogens (tertiary/aromatic N) is 1. The minimum absolute atomic E-state index is 0.272. The van der Waals surface area contributed by atoms with Crippen LogP contribution in [-0.2, 0) is 11.3 Å². The molecule has 0 radical (unpaired) electrons. The van der Waals surface area contributed by atoms with Crippen LogP contribution in [0.2, 0.25) is 0 Å². The van der Waals surface area contributed by atoms with Gasteiger partial charge in [0.2, 0.25) is 0 Å². The Hall–Kier alpha value is -0.800. The predicted octanol–water partition coefficient (Wildman–Crippen LogP) is 2.60. The van der Waals surface area contributed by atoms with Crippen molar-refractivity contribution in [3.63, 3.8) is 0 Å². The van der Waals surface area contributed by atoms with E-state index < -0.39 is 0 Å². The molecule has 0 bridgehead atoms. The van der Waals surface area contributed by atoms with Crippen LogP contribution < -0.4 is 0 Å². The highest BCUT2D eigenvalue weighted by molar-refractivity contribution is 5.14. The van der Waals surface area contributed by atoms with Gasteiger partial charge in [-0.05, 0) is 36.3 Å². The van der Waals surface area contributed by atoms with Gasteiger partial charge < -0.3 is 14.4 Å². The second kappa shape index (κ2) is 5.69. The molecule has 1 aliphatic heterocycles. The first kappa shape index (κ1) is 12.7. The number of hydrogen-bond donors (Lipinski definition) is 1. The maximum atomic E-state index is 9.98. The smallest absolute Gasteiger partial charge is 0.0827 e. The van der Waals surface area contributed by atoms with Gasteiger partial charge in [-0.3, -0.25) is 0 Å². The number of hydrogen-bond acceptors (Lipinski definition) is 2. The van der Waals surface area contributed by atoms with E-state index in [1.165, 1.54) is 0 Å². The molecule has 0 aliphatic carbocycles. The third-order valence-corrected chi connectivity index (χ3v) is 3.56. The third kappa shape index (κ3) is 3.33. The van der Waals surface area contributed by atoms with Gasteiger partial charge in [0.1, 0.15) is 0 Å². The Balaban J connectivity index is 1.93. The second-order valence-corrected chi connectivity index (χ2v) is 5.39. The molecule has 0 spiro atoms. The largest absolute Gasteiger partial charge is 0.388 e. The van der Waals surface area contributed by atoms with Crippen LogP contribution >= 0.6 is 0 Å². The summed E-state index contributed by atoms with van der Waals surface area (Å²) < 4.78 is 7.57. The summed E-state index contributed by atoms with van der Waals surface area (Å²) in [5.41, 5.74) is 1.03. The highest BCUT2D eigenvalue weighted by Crippen LogP contribution is 2.23. The monoisotopic (exact) mass is 237 g/mol. The molecule has 1 atom stereocenters. The van der Waals surface area contributed by atoms with Crippen molar-refractivity contribution < 1.29 is 9.84 Å². The maximum absolute atomic E-state index is 9.98. The van der Waals surface area contributed by atoms with Gasteiger partial charge in [-0.25, -0.2) is 0 Å². The second-order valence-electron chi connectivity index (χ2n) is 5.39. The summed E-state index contributed by atoms with van der Waals surface area (Å²) in [5.74, 6) is 0.995. The van der Waals surface area contributed by atoms with E-state index in [0.717, 1.165) is 44.1 Å². The molecule has 1 unspecified atom stereocenters. The normalized spacial score (nSPS) is 19.8. The van der Waals surface area contributed by atoms with Gasteiger partial charge >= 0.3 is 0 Å². The average Bonchev–Trinajstić information content (AvgIpc) is 2.77. The van der Waals surface area contributed by atoms with Gasteiger partial charge in [-0.1, -0.05) is 13.8 Å². The summed E-state index contributed by atoms with van der Waals surface area (Å²) in [4.78, 5) is 0. The fourth-order valence-electron chi connectivity index (χ4n) is 2.36. The molecule has 2 heterocycles. The lowest BCUT2D eigenvalue weighted by Crippen LogP contribution is -2.19. The zero-order chi connectivity index (χ0) is 12.3. The van der Waals surface area contributed by atoms with E-state index in [4.69, 9.17) is 4.74 Å². The molecule has 1 saturated heterocycles. The zero-order valence-corrected chi connectivity index (χ0v) is 10.8. The number of aliphatic hydroxyl groups is 1. The van der Waals surface area contributed by atoms with Gasteiger partial charge in [0.15, 0.2) is 0 Å². The number of aliphatic hydroxyl groups excluding tert-OH is 1. The lowest BCUT2D eigenvalue weighted by Gasteiger charge is -2.22. The van der Waals surface area contributed by atoms with Crippen LogP contribution in [0.4, 0.5) is 0 Å². The van der Waals surface area contributed by atoms with Crippen LogP contribution in [0.25, 0.3) is 0 Å². The van der Waals surface area contributed by atoms with E-state index in [2.05, 4.69) is 17.0 Å². The van der Waals surface area contributed by atoms with E-state index in [0.29, 0.717) is 0 Å². The summed E-state index contributed by atoms with van der Waals surface area (Å²) in [5, 5.41) is 9.98. The first-order chi connectivity index (χ1) is 8.16. The highest BCUT2D eigenvalue weighted by Gasteiger charge is 2.16. The lowest BCUT2D eigenvalue weighted by atomic mass is 10.0. The van der Waals surface area contributed by atoms with Gasteiger partial charge in [-0.2, -0.15) is 0 Å². The first-order valence-electron chi connectivity index (χ1n) is 6.58. The van der Waals surface area contributed by atoms with Crippen LogP contribution in [-0.4, -0.2) is 22.9 Å². The van der Waals surface area contributed by atoms with Gasteiger partial charge in [0, 0.05) is 32.2 Å². The van der Waals surface area contributed by atoms with Crippen molar-refractivity contribution in [3.8, 4) is 0 Å². The average molecular weight is 237 g/mol. The number of ether oxygens (including phenoxy) is 1. The van der Waals surface area contributed by atoms with Crippen molar-refractivity contribution in [2.45, 2.75) is 39.3 Å². The van der Waals surface area contributed by atoms with Gasteiger partial charge in [0.25, 0.3) is 0 Å². The molecule has 3 heteroatoms. The fraction of sp³-hybridized carbons (Fsp3) is 0.714. The molecule has 1 N–H and O–H groups in total. The Morgan fingerprint density at radius 1 is 1.41 bits per heavy atom. The van der Waals surface area contributed by atoms with Gasteiger partial charge in [-0.15, -0.1) is 0 Å². The van der Waals surface area contributed by atoms with Gasteiger partial charge in [0.05, 0.1) is 6.10 Å². The van der Waals surface area contributed by atoms with Crippen molar-refractivity contribution in [1.29, 1.82) is 0 Å². The topological polar surface area (TPSA) is 34.4 Å². The van der Waals surface area contributed by atoms with E-state index in [-0.39, 0.29) is 12.0 Å². The zero-order valence-electron chi connectivity index (χ0n) is 10.8. The molecule has 17 heavy (non-hydrogen) atoms. The maximum Gasteiger partial charge on any atom is 0.0827 e. The quantitative estimate of drug-likeness (QED) is 0.873. The summed E-state index contributed by atoms with van der Waals surface area (Å²) in [6, 6.07) is 2.03. The summed E-state index contributed by atoms with van der Waals surface area (Å²) >= 11 is 0. The summed E-state index contributed by atoms with van der Waals surface area (Å²) in [7, 11) is 0. The van der Waals surface area contributed by atoms with Crippen LogP contribution in [0, 0.1) is 11.8 Å². The predicted molar refractivity (Wildman–Crippen MR) is 67.8 cm³/mol. The minimum atomic E-state index is -0.342. The van der Waals surface area contributed by atoms with Crippen molar-refractivity contribution in [1.82, 2.24) is 4.57 Å². The molecular weight excluding hydrogens is 214 g/mol. The molecule has 1 aliphatic rings. The summed E-state index contributed by atoms with van der Waals surface area (Å²) in [6.45, 7) is 6.93. The molecule has 0 aromatic carbocycles. The standard InChI is InChI=1S/C14H23NO2/c1-11(2)14(16)13-3-6-15(10-13)9-12-4-7-17-8-5-12/h3,6,10-12,14,16H,4-5,7-9H2,1-2H3. The molecule has 0 saturated carbocycles. The van der Waals surface area contributed by atoms with Crippen molar-refractivity contribution in [2.75, 3.05) is 13.2 Å². The lowest BCUT2D eigenvalue weighted by molar-refractivity contribution is 0.0612. The minimum Gasteiger partial charge on any atom is -0.388 e. The molecule has 2 rings (SSSR count). The van der Waals surface area contributed by atoms with Crippen molar-refractivity contribution in [3.05, 3.63) is 24.0 Å². The third-order valence-electron chi connectivity index (χ3n) is 3.56. The Kier molecular flexibility index (Phi) is 4.24. The molecule has 1 aromatic rings. The van der Waals surface area contributed by atoms with Crippen LogP contribution in [0.3, 0.4) is 0 Å². The van der Waals surface area contributed by atoms with Crippen LogP contribution in [0.15, 0.2) is 18.5 Å². The molecule has 3 nitrogen and oxygen atoms in total. The number of rotatable bonds is 4. The highest BCUT2D eigenvalue weighted by atomic mass is 16.5. The Bertz CT molecular complexity index is 340. The molecule has 96 valence electrons. The van der Waals surface area contributed by atoms with E-state index in [9.17, 15) is 5.11 Å². The Labute approximate surface area is 103 Å². The Morgan fingerprint density at radius 3 is 2.76 bits per heavy atom. The summed E-state index contributed by atoms with van der Waals surface area (Å²) in [6.07, 6.45) is 6.13. The van der Waals surface area contributed by atoms with E-state index >= 15 is 0 Å².